The van der Waals surface area contributed by atoms with Gasteiger partial charge in [0.15, 0.2) is 0 Å². The zero-order valence-electron chi connectivity index (χ0n) is 12.9. The predicted molar refractivity (Wildman–Crippen MR) is 82.3 cm³/mol. The van der Waals surface area contributed by atoms with Crippen molar-refractivity contribution in [2.45, 2.75) is 39.2 Å². The molecule has 3 heteroatoms. The molecule has 0 aliphatic heterocycles. The van der Waals surface area contributed by atoms with Gasteiger partial charge in [0.05, 0.1) is 7.11 Å². The van der Waals surface area contributed by atoms with Crippen molar-refractivity contribution in [3.05, 3.63) is 29.3 Å². The SMILES string of the molecule is COc1ccc2c(c1)C(NCCCOCC(C)C)CC2. The fourth-order valence-corrected chi connectivity index (χ4v) is 2.69. The van der Waals surface area contributed by atoms with Gasteiger partial charge in [0, 0.05) is 19.3 Å². The zero-order valence-corrected chi connectivity index (χ0v) is 12.9. The van der Waals surface area contributed by atoms with Crippen LogP contribution in [-0.2, 0) is 11.2 Å². The van der Waals surface area contributed by atoms with E-state index in [1.807, 2.05) is 0 Å². The Balaban J connectivity index is 1.73. The molecule has 1 aromatic carbocycles. The smallest absolute Gasteiger partial charge is 0.119 e. The Hall–Kier alpha value is -1.06. The number of ether oxygens (including phenoxy) is 2. The van der Waals surface area contributed by atoms with Gasteiger partial charge in [0.1, 0.15) is 5.75 Å². The Morgan fingerprint density at radius 3 is 2.95 bits per heavy atom. The standard InChI is InChI=1S/C17H27NO2/c1-13(2)12-20-10-4-9-18-17-8-6-14-5-7-15(19-3)11-16(14)17/h5,7,11,13,17-18H,4,6,8-10,12H2,1-3H3. The second kappa shape index (κ2) is 7.65. The van der Waals surface area contributed by atoms with E-state index in [9.17, 15) is 0 Å². The van der Waals surface area contributed by atoms with Gasteiger partial charge in [-0.3, -0.25) is 0 Å². The first-order valence-corrected chi connectivity index (χ1v) is 7.68. The molecular weight excluding hydrogens is 250 g/mol. The van der Waals surface area contributed by atoms with E-state index in [0.717, 1.165) is 31.9 Å². The minimum atomic E-state index is 0.477. The average Bonchev–Trinajstić information content (AvgIpc) is 2.84. The molecule has 1 unspecified atom stereocenters. The fourth-order valence-electron chi connectivity index (χ4n) is 2.69. The molecule has 0 fully saturated rings. The van der Waals surface area contributed by atoms with E-state index in [4.69, 9.17) is 9.47 Å². The summed E-state index contributed by atoms with van der Waals surface area (Å²) in [6.45, 7) is 7.09. The summed E-state index contributed by atoms with van der Waals surface area (Å²) < 4.78 is 10.9. The Bertz CT molecular complexity index is 417. The first kappa shape index (κ1) is 15.3. The fraction of sp³-hybridized carbons (Fsp3) is 0.647. The van der Waals surface area contributed by atoms with Crippen LogP contribution in [0.3, 0.4) is 0 Å². The number of fused-ring (bicyclic) bond motifs is 1. The van der Waals surface area contributed by atoms with Crippen molar-refractivity contribution in [2.24, 2.45) is 5.92 Å². The van der Waals surface area contributed by atoms with E-state index in [-0.39, 0.29) is 0 Å². The van der Waals surface area contributed by atoms with Gasteiger partial charge in [-0.25, -0.2) is 0 Å². The van der Waals surface area contributed by atoms with Gasteiger partial charge < -0.3 is 14.8 Å². The first-order valence-electron chi connectivity index (χ1n) is 7.68. The summed E-state index contributed by atoms with van der Waals surface area (Å²) in [5.74, 6) is 1.58. The molecule has 1 aliphatic carbocycles. The minimum absolute atomic E-state index is 0.477. The number of rotatable bonds is 8. The maximum absolute atomic E-state index is 5.61. The number of nitrogens with one attached hydrogen (secondary N) is 1. The highest BCUT2D eigenvalue weighted by Gasteiger charge is 2.22. The molecule has 1 aliphatic rings. The van der Waals surface area contributed by atoms with Crippen LogP contribution in [0.5, 0.6) is 5.75 Å². The van der Waals surface area contributed by atoms with E-state index in [0.29, 0.717) is 12.0 Å². The summed E-state index contributed by atoms with van der Waals surface area (Å²) in [6.07, 6.45) is 3.43. The molecular formula is C17H27NO2. The Labute approximate surface area is 122 Å². The maximum atomic E-state index is 5.61. The van der Waals surface area contributed by atoms with Crippen LogP contribution in [0.25, 0.3) is 0 Å². The van der Waals surface area contributed by atoms with Crippen molar-refractivity contribution < 1.29 is 9.47 Å². The predicted octanol–water partition coefficient (Wildman–Crippen LogP) is 3.33. The Kier molecular flexibility index (Phi) is 5.86. The summed E-state index contributed by atoms with van der Waals surface area (Å²) >= 11 is 0. The summed E-state index contributed by atoms with van der Waals surface area (Å²) in [5.41, 5.74) is 2.87. The van der Waals surface area contributed by atoms with Gasteiger partial charge in [-0.2, -0.15) is 0 Å². The molecule has 1 N–H and O–H groups in total. The summed E-state index contributed by atoms with van der Waals surface area (Å²) in [4.78, 5) is 0. The lowest BCUT2D eigenvalue weighted by atomic mass is 10.1. The topological polar surface area (TPSA) is 30.5 Å². The number of aryl methyl sites for hydroxylation is 1. The van der Waals surface area contributed by atoms with E-state index in [2.05, 4.69) is 37.4 Å². The molecule has 112 valence electrons. The monoisotopic (exact) mass is 277 g/mol. The van der Waals surface area contributed by atoms with Crippen molar-refractivity contribution in [1.29, 1.82) is 0 Å². The van der Waals surface area contributed by atoms with Crippen molar-refractivity contribution in [2.75, 3.05) is 26.9 Å². The normalized spacial score (nSPS) is 17.5. The van der Waals surface area contributed by atoms with Crippen LogP contribution in [0.2, 0.25) is 0 Å². The van der Waals surface area contributed by atoms with E-state index in [1.165, 1.54) is 24.0 Å². The quantitative estimate of drug-likeness (QED) is 0.739. The number of hydrogen-bond acceptors (Lipinski definition) is 3. The molecule has 0 amide bonds. The highest BCUT2D eigenvalue weighted by atomic mass is 16.5. The third-order valence-electron chi connectivity index (χ3n) is 3.74. The number of methoxy groups -OCH3 is 1. The summed E-state index contributed by atoms with van der Waals surface area (Å²) in [7, 11) is 1.73. The van der Waals surface area contributed by atoms with Crippen LogP contribution in [0, 0.1) is 5.92 Å². The van der Waals surface area contributed by atoms with Crippen LogP contribution in [0.4, 0.5) is 0 Å². The van der Waals surface area contributed by atoms with Crippen LogP contribution in [0.1, 0.15) is 43.9 Å². The lowest BCUT2D eigenvalue weighted by Crippen LogP contribution is -2.21. The first-order chi connectivity index (χ1) is 9.70. The van der Waals surface area contributed by atoms with Gasteiger partial charge >= 0.3 is 0 Å². The average molecular weight is 277 g/mol. The van der Waals surface area contributed by atoms with Gasteiger partial charge in [-0.1, -0.05) is 19.9 Å². The Morgan fingerprint density at radius 1 is 1.35 bits per heavy atom. The van der Waals surface area contributed by atoms with E-state index < -0.39 is 0 Å². The molecule has 0 radical (unpaired) electrons. The van der Waals surface area contributed by atoms with Gasteiger partial charge in [0.25, 0.3) is 0 Å². The third kappa shape index (κ3) is 4.22. The van der Waals surface area contributed by atoms with Crippen LogP contribution in [0.15, 0.2) is 18.2 Å². The van der Waals surface area contributed by atoms with Gasteiger partial charge in [-0.05, 0) is 55.0 Å². The molecule has 0 aromatic heterocycles. The van der Waals surface area contributed by atoms with Crippen molar-refractivity contribution >= 4 is 0 Å². The highest BCUT2D eigenvalue weighted by molar-refractivity contribution is 5.40. The largest absolute Gasteiger partial charge is 0.497 e. The molecule has 20 heavy (non-hydrogen) atoms. The highest BCUT2D eigenvalue weighted by Crippen LogP contribution is 2.33. The van der Waals surface area contributed by atoms with Gasteiger partial charge in [-0.15, -0.1) is 0 Å². The van der Waals surface area contributed by atoms with Crippen LogP contribution < -0.4 is 10.1 Å². The van der Waals surface area contributed by atoms with Crippen LogP contribution >= 0.6 is 0 Å². The van der Waals surface area contributed by atoms with Crippen molar-refractivity contribution in [3.8, 4) is 5.75 Å². The maximum Gasteiger partial charge on any atom is 0.119 e. The third-order valence-corrected chi connectivity index (χ3v) is 3.74. The summed E-state index contributed by atoms with van der Waals surface area (Å²) in [5, 5.41) is 3.64. The second-order valence-corrected chi connectivity index (χ2v) is 5.93. The van der Waals surface area contributed by atoms with Crippen LogP contribution in [-0.4, -0.2) is 26.9 Å². The molecule has 1 atom stereocenters. The molecule has 0 bridgehead atoms. The van der Waals surface area contributed by atoms with Crippen molar-refractivity contribution in [3.63, 3.8) is 0 Å². The number of hydrogen-bond donors (Lipinski definition) is 1. The van der Waals surface area contributed by atoms with Gasteiger partial charge in [0.2, 0.25) is 0 Å². The summed E-state index contributed by atoms with van der Waals surface area (Å²) in [6, 6.07) is 6.91. The lowest BCUT2D eigenvalue weighted by Gasteiger charge is -2.15. The lowest BCUT2D eigenvalue weighted by molar-refractivity contribution is 0.107. The second-order valence-electron chi connectivity index (χ2n) is 5.93. The molecule has 1 aromatic rings. The molecule has 3 nitrogen and oxygen atoms in total. The number of benzene rings is 1. The molecule has 0 heterocycles. The molecule has 0 saturated heterocycles. The van der Waals surface area contributed by atoms with E-state index in [1.54, 1.807) is 7.11 Å². The van der Waals surface area contributed by atoms with Crippen molar-refractivity contribution in [1.82, 2.24) is 5.32 Å². The van der Waals surface area contributed by atoms with E-state index >= 15 is 0 Å². The molecule has 2 rings (SSSR count). The minimum Gasteiger partial charge on any atom is -0.497 e. The molecule has 0 saturated carbocycles. The Morgan fingerprint density at radius 2 is 2.20 bits per heavy atom. The zero-order chi connectivity index (χ0) is 14.4. The molecule has 0 spiro atoms.